The molecule has 3 aromatic heterocycles. The SMILES string of the molecule is Cc1nc2c(-c3ccc(Cl)cc3F)nc(C3CCOC(c4nnc(C5CC5)o4)C3)cn2c(=O)c1C. The molecular formula is C25H23ClFN5O3. The van der Waals surface area contributed by atoms with Crippen LogP contribution in [0.5, 0.6) is 0 Å². The van der Waals surface area contributed by atoms with Gasteiger partial charge in [0.2, 0.25) is 11.8 Å². The number of nitrogens with zero attached hydrogens (tertiary/aromatic N) is 5. The average molecular weight is 496 g/mol. The van der Waals surface area contributed by atoms with Gasteiger partial charge >= 0.3 is 0 Å². The Bertz CT molecular complexity index is 1510. The molecule has 1 aliphatic carbocycles. The normalized spacial score (nSPS) is 20.5. The van der Waals surface area contributed by atoms with Gasteiger partial charge in [-0.2, -0.15) is 0 Å². The molecule has 0 spiro atoms. The fourth-order valence-corrected chi connectivity index (χ4v) is 4.68. The lowest BCUT2D eigenvalue weighted by atomic mass is 9.92. The summed E-state index contributed by atoms with van der Waals surface area (Å²) in [5, 5.41) is 8.66. The first-order valence-corrected chi connectivity index (χ1v) is 12.1. The van der Waals surface area contributed by atoms with Gasteiger partial charge in [0, 0.05) is 46.5 Å². The van der Waals surface area contributed by atoms with Crippen LogP contribution in [0, 0.1) is 19.7 Å². The van der Waals surface area contributed by atoms with Gasteiger partial charge < -0.3 is 9.15 Å². The Labute approximate surface area is 205 Å². The number of aromatic nitrogens is 5. The number of hydrogen-bond acceptors (Lipinski definition) is 7. The van der Waals surface area contributed by atoms with Gasteiger partial charge in [-0.15, -0.1) is 10.2 Å². The molecule has 1 saturated carbocycles. The van der Waals surface area contributed by atoms with E-state index < -0.39 is 5.82 Å². The van der Waals surface area contributed by atoms with Gasteiger partial charge in [-0.3, -0.25) is 9.20 Å². The Morgan fingerprint density at radius 2 is 1.89 bits per heavy atom. The van der Waals surface area contributed by atoms with E-state index in [0.29, 0.717) is 65.4 Å². The van der Waals surface area contributed by atoms with Crippen molar-refractivity contribution in [2.75, 3.05) is 6.61 Å². The molecule has 0 bridgehead atoms. The summed E-state index contributed by atoms with van der Waals surface area (Å²) in [4.78, 5) is 22.6. The van der Waals surface area contributed by atoms with Crippen LogP contribution in [-0.4, -0.2) is 31.2 Å². The highest BCUT2D eigenvalue weighted by molar-refractivity contribution is 6.30. The standard InChI is InChI=1S/C25H23ClFN5O3/c1-12-13(2)28-22-21(17-6-5-16(26)10-18(17)27)29-19(11-32(22)25(12)33)15-7-8-34-20(9-15)24-31-30-23(35-24)14-3-4-14/h5-6,10-11,14-15,20H,3-4,7-9H2,1-2H3. The van der Waals surface area contributed by atoms with Crippen LogP contribution in [0.2, 0.25) is 5.02 Å². The first-order chi connectivity index (χ1) is 16.9. The Hall–Kier alpha value is -3.17. The van der Waals surface area contributed by atoms with Crippen molar-refractivity contribution in [3.63, 3.8) is 0 Å². The van der Waals surface area contributed by atoms with E-state index in [1.165, 1.54) is 10.5 Å². The molecule has 180 valence electrons. The highest BCUT2D eigenvalue weighted by atomic mass is 35.5. The van der Waals surface area contributed by atoms with E-state index in [0.717, 1.165) is 12.8 Å². The number of hydrogen-bond donors (Lipinski definition) is 0. The summed E-state index contributed by atoms with van der Waals surface area (Å²) in [5.74, 6) is 0.905. The molecule has 2 atom stereocenters. The Morgan fingerprint density at radius 3 is 2.66 bits per heavy atom. The molecule has 1 saturated heterocycles. The molecule has 8 nitrogen and oxygen atoms in total. The molecule has 4 aromatic rings. The second kappa shape index (κ2) is 8.49. The van der Waals surface area contributed by atoms with E-state index in [1.807, 2.05) is 0 Å². The van der Waals surface area contributed by atoms with Crippen LogP contribution in [0.4, 0.5) is 4.39 Å². The summed E-state index contributed by atoms with van der Waals surface area (Å²) in [5.41, 5.74) is 2.40. The summed E-state index contributed by atoms with van der Waals surface area (Å²) in [7, 11) is 0. The molecule has 2 aliphatic rings. The Kier molecular flexibility index (Phi) is 5.41. The van der Waals surface area contributed by atoms with Crippen molar-refractivity contribution in [2.24, 2.45) is 0 Å². The van der Waals surface area contributed by atoms with Crippen molar-refractivity contribution in [1.29, 1.82) is 0 Å². The maximum absolute atomic E-state index is 15.0. The molecule has 0 amide bonds. The van der Waals surface area contributed by atoms with Gasteiger partial charge in [-0.05, 0) is 57.7 Å². The maximum atomic E-state index is 15.0. The van der Waals surface area contributed by atoms with Crippen molar-refractivity contribution < 1.29 is 13.5 Å². The lowest BCUT2D eigenvalue weighted by molar-refractivity contribution is -0.0117. The van der Waals surface area contributed by atoms with Gasteiger partial charge in [0.15, 0.2) is 5.65 Å². The highest BCUT2D eigenvalue weighted by Gasteiger charge is 2.34. The van der Waals surface area contributed by atoms with Gasteiger partial charge in [0.25, 0.3) is 5.56 Å². The third-order valence-corrected chi connectivity index (χ3v) is 7.08. The van der Waals surface area contributed by atoms with E-state index in [9.17, 15) is 9.18 Å². The van der Waals surface area contributed by atoms with Crippen LogP contribution < -0.4 is 5.56 Å². The van der Waals surface area contributed by atoms with E-state index in [-0.39, 0.29) is 28.2 Å². The summed E-state index contributed by atoms with van der Waals surface area (Å²) in [6.45, 7) is 3.97. The van der Waals surface area contributed by atoms with Crippen molar-refractivity contribution in [1.82, 2.24) is 24.6 Å². The summed E-state index contributed by atoms with van der Waals surface area (Å²) in [6, 6.07) is 4.40. The van der Waals surface area contributed by atoms with Crippen LogP contribution in [0.25, 0.3) is 16.9 Å². The molecule has 2 unspecified atom stereocenters. The third-order valence-electron chi connectivity index (χ3n) is 6.84. The average Bonchev–Trinajstić information content (AvgIpc) is 3.59. The topological polar surface area (TPSA) is 95.4 Å². The van der Waals surface area contributed by atoms with Gasteiger partial charge in [-0.25, -0.2) is 14.4 Å². The van der Waals surface area contributed by atoms with Gasteiger partial charge in [0.05, 0.1) is 5.69 Å². The zero-order valence-corrected chi connectivity index (χ0v) is 20.0. The van der Waals surface area contributed by atoms with Crippen LogP contribution in [0.15, 0.2) is 33.6 Å². The van der Waals surface area contributed by atoms with Crippen molar-refractivity contribution in [3.8, 4) is 11.3 Å². The number of halogens is 2. The predicted octanol–water partition coefficient (Wildman–Crippen LogP) is 5.06. The fourth-order valence-electron chi connectivity index (χ4n) is 4.52. The molecule has 1 aliphatic heterocycles. The first-order valence-electron chi connectivity index (χ1n) is 11.7. The summed E-state index contributed by atoms with van der Waals surface area (Å²) < 4.78 is 28.3. The molecule has 0 N–H and O–H groups in total. The number of benzene rings is 1. The summed E-state index contributed by atoms with van der Waals surface area (Å²) in [6.07, 6.45) is 4.74. The molecule has 2 fully saturated rings. The van der Waals surface area contributed by atoms with Gasteiger partial charge in [0.1, 0.15) is 17.6 Å². The predicted molar refractivity (Wildman–Crippen MR) is 126 cm³/mol. The molecule has 0 radical (unpaired) electrons. The minimum Gasteiger partial charge on any atom is -0.422 e. The number of rotatable bonds is 4. The smallest absolute Gasteiger partial charge is 0.261 e. The van der Waals surface area contributed by atoms with Crippen molar-refractivity contribution in [3.05, 3.63) is 74.3 Å². The lowest BCUT2D eigenvalue weighted by Gasteiger charge is -2.27. The molecule has 1 aromatic carbocycles. The molecule has 10 heteroatoms. The second-order valence-electron chi connectivity index (χ2n) is 9.29. The monoisotopic (exact) mass is 495 g/mol. The van der Waals surface area contributed by atoms with Crippen molar-refractivity contribution >= 4 is 17.2 Å². The zero-order valence-electron chi connectivity index (χ0n) is 19.3. The minimum absolute atomic E-state index is 0.0583. The second-order valence-corrected chi connectivity index (χ2v) is 9.73. The quantitative estimate of drug-likeness (QED) is 0.390. The number of fused-ring (bicyclic) bond motifs is 1. The highest BCUT2D eigenvalue weighted by Crippen LogP contribution is 2.42. The molecule has 6 rings (SSSR count). The number of aryl methyl sites for hydroxylation is 1. The number of ether oxygens (including phenoxy) is 1. The molecular weight excluding hydrogens is 473 g/mol. The maximum Gasteiger partial charge on any atom is 0.261 e. The zero-order chi connectivity index (χ0) is 24.3. The van der Waals surface area contributed by atoms with E-state index in [4.69, 9.17) is 25.7 Å². The first kappa shape index (κ1) is 22.3. The van der Waals surface area contributed by atoms with Crippen molar-refractivity contribution in [2.45, 2.75) is 57.5 Å². The van der Waals surface area contributed by atoms with E-state index >= 15 is 0 Å². The molecule has 4 heterocycles. The van der Waals surface area contributed by atoms with Crippen LogP contribution in [-0.2, 0) is 4.74 Å². The van der Waals surface area contributed by atoms with Crippen LogP contribution in [0.3, 0.4) is 0 Å². The minimum atomic E-state index is -0.528. The summed E-state index contributed by atoms with van der Waals surface area (Å²) >= 11 is 5.98. The van der Waals surface area contributed by atoms with Gasteiger partial charge in [-0.1, -0.05) is 11.6 Å². The molecule has 35 heavy (non-hydrogen) atoms. The van der Waals surface area contributed by atoms with Crippen LogP contribution >= 0.6 is 11.6 Å². The largest absolute Gasteiger partial charge is 0.422 e. The third kappa shape index (κ3) is 4.02. The van der Waals surface area contributed by atoms with E-state index in [2.05, 4.69) is 15.2 Å². The Balaban J connectivity index is 1.45. The fraction of sp³-hybridized carbons (Fsp3) is 0.400. The van der Waals surface area contributed by atoms with E-state index in [1.54, 1.807) is 32.2 Å². The lowest BCUT2D eigenvalue weighted by Crippen LogP contribution is -2.24. The van der Waals surface area contributed by atoms with Crippen LogP contribution in [0.1, 0.15) is 72.4 Å². The Morgan fingerprint density at radius 1 is 1.09 bits per heavy atom.